The number of imidazole rings is 1. The molecule has 2 aromatic heterocycles. The Morgan fingerprint density at radius 1 is 1.10 bits per heavy atom. The number of phosphoric ester groups is 1. The van der Waals surface area contributed by atoms with Crippen LogP contribution in [0.2, 0.25) is 0 Å². The van der Waals surface area contributed by atoms with Crippen molar-refractivity contribution in [2.45, 2.75) is 37.8 Å². The van der Waals surface area contributed by atoms with E-state index < -0.39 is 58.9 Å². The van der Waals surface area contributed by atoms with Gasteiger partial charge in [-0.3, -0.25) is 19.0 Å². The second kappa shape index (κ2) is 11.0. The van der Waals surface area contributed by atoms with Crippen molar-refractivity contribution in [3.8, 4) is 0 Å². The molecule has 4 heterocycles. The highest BCUT2D eigenvalue weighted by molar-refractivity contribution is 7.63. The minimum Gasteiger partial charge on any atom is -0.347 e. The van der Waals surface area contributed by atoms with Gasteiger partial charge in [0.2, 0.25) is 0 Å². The van der Waals surface area contributed by atoms with E-state index in [0.717, 1.165) is 12.2 Å². The summed E-state index contributed by atoms with van der Waals surface area (Å²) in [5.41, 5.74) is 1.34. The summed E-state index contributed by atoms with van der Waals surface area (Å²) in [6.07, 6.45) is -1.46. The van der Waals surface area contributed by atoms with Crippen molar-refractivity contribution in [3.05, 3.63) is 48.5 Å². The third-order valence-electron chi connectivity index (χ3n) is 5.78. The molecule has 4 N–H and O–H groups in total. The Morgan fingerprint density at radius 3 is 2.56 bits per heavy atom. The summed E-state index contributed by atoms with van der Waals surface area (Å²) in [6.45, 7) is 2.42. The van der Waals surface area contributed by atoms with E-state index in [1.165, 1.54) is 12.7 Å². The van der Waals surface area contributed by atoms with Gasteiger partial charge in [0, 0.05) is 18.8 Å². The predicted molar refractivity (Wildman–Crippen MR) is 133 cm³/mol. The van der Waals surface area contributed by atoms with Crippen LogP contribution in [0, 0.1) is 0 Å². The van der Waals surface area contributed by atoms with Crippen molar-refractivity contribution >= 4 is 38.4 Å². The van der Waals surface area contributed by atoms with Gasteiger partial charge in [-0.2, -0.15) is 0 Å². The smallest absolute Gasteiger partial charge is 0.347 e. The number of carbonyl (C=O) groups excluding carboxylic acids is 1. The van der Waals surface area contributed by atoms with E-state index >= 15 is 0 Å². The lowest BCUT2D eigenvalue weighted by atomic mass is 10.1. The van der Waals surface area contributed by atoms with Crippen molar-refractivity contribution in [1.82, 2.24) is 24.8 Å². The molecule has 0 aliphatic carbocycles. The summed E-state index contributed by atoms with van der Waals surface area (Å²) in [4.78, 5) is 44.0. The van der Waals surface area contributed by atoms with Crippen LogP contribution in [0.5, 0.6) is 0 Å². The molecule has 5 rings (SSSR count). The zero-order chi connectivity index (χ0) is 27.8. The number of hydrogen-bond acceptors (Lipinski definition) is 11. The maximum absolute atomic E-state index is 12.2. The number of carbonyl (C=O) groups is 1. The Hall–Kier alpha value is -2.78. The molecule has 2 fully saturated rings. The van der Waals surface area contributed by atoms with Crippen molar-refractivity contribution < 1.29 is 46.8 Å². The highest BCUT2D eigenvalue weighted by Gasteiger charge is 2.54. The number of amides is 2. The second-order valence-electron chi connectivity index (χ2n) is 8.69. The number of nitrogens with one attached hydrogen (secondary N) is 2. The Labute approximate surface area is 221 Å². The molecular formula is C21H26N6O10P2. The van der Waals surface area contributed by atoms with Crippen molar-refractivity contribution in [2.24, 2.45) is 0 Å². The largest absolute Gasteiger partial charge is 0.479 e. The molecule has 2 saturated heterocycles. The summed E-state index contributed by atoms with van der Waals surface area (Å²) in [5.74, 6) is 0.177. The SMILES string of the molecule is CCNC(=O)Nc1ncnc2c1ncn2[C@@H]1O[C@H](COP(=O)(O)OP(C)(=O)O)C2O[C@@H](c3ccccc3)O[C@@H]21. The van der Waals surface area contributed by atoms with Gasteiger partial charge in [-0.05, 0) is 6.92 Å². The minimum atomic E-state index is -4.90. The Kier molecular flexibility index (Phi) is 7.84. The van der Waals surface area contributed by atoms with Gasteiger partial charge < -0.3 is 29.3 Å². The third kappa shape index (κ3) is 6.19. The lowest BCUT2D eigenvalue weighted by molar-refractivity contribution is -0.152. The molecule has 2 aliphatic rings. The zero-order valence-electron chi connectivity index (χ0n) is 20.7. The quantitative estimate of drug-likeness (QED) is 0.267. The fourth-order valence-corrected chi connectivity index (χ4v) is 6.34. The van der Waals surface area contributed by atoms with Gasteiger partial charge in [0.15, 0.2) is 29.5 Å². The van der Waals surface area contributed by atoms with Crippen molar-refractivity contribution in [1.29, 1.82) is 0 Å². The molecular weight excluding hydrogens is 558 g/mol. The number of rotatable bonds is 9. The van der Waals surface area contributed by atoms with Crippen LogP contribution in [0.3, 0.4) is 0 Å². The summed E-state index contributed by atoms with van der Waals surface area (Å²) in [6, 6.07) is 8.67. The minimum absolute atomic E-state index is 0.177. The van der Waals surface area contributed by atoms with Crippen LogP contribution in [0.1, 0.15) is 25.0 Å². The lowest BCUT2D eigenvalue weighted by Gasteiger charge is -2.22. The molecule has 0 spiro atoms. The molecule has 39 heavy (non-hydrogen) atoms. The Bertz CT molecular complexity index is 1440. The average molecular weight is 584 g/mol. The molecule has 18 heteroatoms. The van der Waals surface area contributed by atoms with Crippen LogP contribution < -0.4 is 10.6 Å². The first-order chi connectivity index (χ1) is 18.5. The normalized spacial score (nSPS) is 27.5. The van der Waals surface area contributed by atoms with Gasteiger partial charge >= 0.3 is 21.4 Å². The molecule has 0 bridgehead atoms. The monoisotopic (exact) mass is 584 g/mol. The fraction of sp³-hybridized carbons (Fsp3) is 0.429. The molecule has 210 valence electrons. The molecule has 16 nitrogen and oxygen atoms in total. The molecule has 7 atom stereocenters. The van der Waals surface area contributed by atoms with E-state index in [9.17, 15) is 23.7 Å². The summed E-state index contributed by atoms with van der Waals surface area (Å²) >= 11 is 0. The molecule has 1 aromatic carbocycles. The first-order valence-corrected chi connectivity index (χ1v) is 15.3. The van der Waals surface area contributed by atoms with E-state index in [0.29, 0.717) is 12.2 Å². The number of benzene rings is 1. The average Bonchev–Trinajstić information content (AvgIpc) is 3.56. The standard InChI is InChI=1S/C21H26N6O10P2/c1-3-22-21(28)26-17-14-18(24-10-23-17)27(11-25-14)19-16-15(35-20(36-16)12-7-5-4-6-8-12)13(34-19)9-33-39(31,32)37-38(2,29)30/h4-8,10-11,13,15-16,19-20H,3,9H2,1-2H3,(H,29,30)(H,31,32)(H2,22,23,24,26,28)/t13-,15?,16+,19-,20-/m1/s1. The van der Waals surface area contributed by atoms with Crippen molar-refractivity contribution in [3.63, 3.8) is 0 Å². The number of aromatic nitrogens is 4. The fourth-order valence-electron chi connectivity index (χ4n) is 4.28. The Morgan fingerprint density at radius 2 is 1.85 bits per heavy atom. The first-order valence-electron chi connectivity index (χ1n) is 11.8. The summed E-state index contributed by atoms with van der Waals surface area (Å²) in [5, 5.41) is 5.23. The van der Waals surface area contributed by atoms with E-state index in [2.05, 4.69) is 29.9 Å². The Balaban J connectivity index is 1.43. The number of ether oxygens (including phenoxy) is 3. The molecule has 0 radical (unpaired) electrons. The number of nitrogens with zero attached hydrogens (tertiary/aromatic N) is 4. The number of hydrogen-bond donors (Lipinski definition) is 4. The molecule has 2 amide bonds. The third-order valence-corrected chi connectivity index (χ3v) is 8.29. The van der Waals surface area contributed by atoms with E-state index in [4.69, 9.17) is 18.7 Å². The van der Waals surface area contributed by atoms with Gasteiger partial charge in [-0.25, -0.2) is 28.6 Å². The summed E-state index contributed by atoms with van der Waals surface area (Å²) in [7, 11) is -9.21. The first kappa shape index (κ1) is 27.8. The zero-order valence-corrected chi connectivity index (χ0v) is 22.5. The predicted octanol–water partition coefficient (Wildman–Crippen LogP) is 2.30. The topological polar surface area (TPSA) is 205 Å². The number of phosphoric acid groups is 1. The lowest BCUT2D eigenvalue weighted by Crippen LogP contribution is -2.31. The molecule has 0 saturated carbocycles. The van der Waals surface area contributed by atoms with Crippen LogP contribution in [0.25, 0.3) is 11.2 Å². The molecule has 2 aliphatic heterocycles. The molecule has 3 aromatic rings. The van der Waals surface area contributed by atoms with E-state index in [1.807, 2.05) is 30.3 Å². The second-order valence-corrected chi connectivity index (χ2v) is 12.1. The van der Waals surface area contributed by atoms with E-state index in [1.54, 1.807) is 11.5 Å². The van der Waals surface area contributed by atoms with Crippen LogP contribution >= 0.6 is 15.4 Å². The van der Waals surface area contributed by atoms with Crippen molar-refractivity contribution in [2.75, 3.05) is 25.1 Å². The van der Waals surface area contributed by atoms with Gasteiger partial charge in [0.1, 0.15) is 24.6 Å². The van der Waals surface area contributed by atoms with Crippen LogP contribution in [-0.4, -0.2) is 73.5 Å². The van der Waals surface area contributed by atoms with Gasteiger partial charge in [-0.15, -0.1) is 0 Å². The van der Waals surface area contributed by atoms with Crippen LogP contribution in [-0.2, 0) is 32.2 Å². The number of fused-ring (bicyclic) bond motifs is 2. The number of urea groups is 1. The maximum Gasteiger partial charge on any atom is 0.479 e. The van der Waals surface area contributed by atoms with Crippen LogP contribution in [0.4, 0.5) is 10.6 Å². The van der Waals surface area contributed by atoms with E-state index in [-0.39, 0.29) is 11.3 Å². The van der Waals surface area contributed by atoms with Gasteiger partial charge in [0.25, 0.3) is 0 Å². The highest BCUT2D eigenvalue weighted by Crippen LogP contribution is 2.58. The molecule has 3 unspecified atom stereocenters. The van der Waals surface area contributed by atoms with Gasteiger partial charge in [-0.1, -0.05) is 30.3 Å². The highest BCUT2D eigenvalue weighted by atomic mass is 31.3. The summed E-state index contributed by atoms with van der Waals surface area (Å²) < 4.78 is 52.9. The maximum atomic E-state index is 12.2. The number of anilines is 1. The van der Waals surface area contributed by atoms with Crippen LogP contribution in [0.15, 0.2) is 43.0 Å². The van der Waals surface area contributed by atoms with Gasteiger partial charge in [0.05, 0.1) is 12.9 Å².